The summed E-state index contributed by atoms with van der Waals surface area (Å²) in [5, 5.41) is 23.2. The number of amides is 1. The highest BCUT2D eigenvalue weighted by Gasteiger charge is 2.18. The highest BCUT2D eigenvalue weighted by atomic mass is 16.5. The predicted molar refractivity (Wildman–Crippen MR) is 273 cm³/mol. The number of ether oxygens (including phenoxy) is 1. The fraction of sp³-hybridized carbons (Fsp3) is 0.895. The lowest BCUT2D eigenvalue weighted by molar-refractivity contribution is -0.143. The van der Waals surface area contributed by atoms with Crippen LogP contribution in [-0.4, -0.2) is 47.4 Å². The Morgan fingerprint density at radius 2 is 0.762 bits per heavy atom. The highest BCUT2D eigenvalue weighted by molar-refractivity contribution is 5.76. The first-order valence-corrected chi connectivity index (χ1v) is 28.1. The molecule has 0 fully saturated rings. The third-order valence-corrected chi connectivity index (χ3v) is 13.0. The van der Waals surface area contributed by atoms with Gasteiger partial charge in [0.05, 0.1) is 25.4 Å². The average Bonchev–Trinajstić information content (AvgIpc) is 3.28. The van der Waals surface area contributed by atoms with Crippen LogP contribution in [0.3, 0.4) is 0 Å². The first kappa shape index (κ1) is 61.3. The van der Waals surface area contributed by atoms with Crippen LogP contribution in [0.5, 0.6) is 0 Å². The van der Waals surface area contributed by atoms with E-state index in [1.54, 1.807) is 6.08 Å². The highest BCUT2D eigenvalue weighted by Crippen LogP contribution is 2.17. The predicted octanol–water partition coefficient (Wildman–Crippen LogP) is 17.1. The largest absolute Gasteiger partial charge is 0.466 e. The minimum absolute atomic E-state index is 0.0176. The van der Waals surface area contributed by atoms with Gasteiger partial charge in [0.15, 0.2) is 0 Å². The van der Waals surface area contributed by atoms with Crippen molar-refractivity contribution in [2.24, 2.45) is 0 Å². The van der Waals surface area contributed by atoms with E-state index in [1.807, 2.05) is 6.08 Å². The van der Waals surface area contributed by atoms with E-state index in [-0.39, 0.29) is 18.5 Å². The van der Waals surface area contributed by atoms with Crippen LogP contribution in [0, 0.1) is 0 Å². The number of aliphatic hydroxyl groups is 2. The summed E-state index contributed by atoms with van der Waals surface area (Å²) >= 11 is 0. The Kier molecular flexibility index (Phi) is 51.6. The summed E-state index contributed by atoms with van der Waals surface area (Å²) in [7, 11) is 0. The maximum Gasteiger partial charge on any atom is 0.305 e. The summed E-state index contributed by atoms with van der Waals surface area (Å²) in [6.45, 7) is 4.85. The second-order valence-corrected chi connectivity index (χ2v) is 19.3. The Morgan fingerprint density at radius 1 is 0.429 bits per heavy atom. The van der Waals surface area contributed by atoms with E-state index in [9.17, 15) is 19.8 Å². The maximum atomic E-state index is 12.5. The van der Waals surface area contributed by atoms with Crippen molar-refractivity contribution >= 4 is 11.9 Å². The van der Waals surface area contributed by atoms with Crippen molar-refractivity contribution in [3.05, 3.63) is 24.3 Å². The normalized spacial score (nSPS) is 12.8. The van der Waals surface area contributed by atoms with Crippen LogP contribution in [0.1, 0.15) is 303 Å². The van der Waals surface area contributed by atoms with E-state index in [2.05, 4.69) is 31.3 Å². The number of rotatable bonds is 52. The Balaban J connectivity index is 3.49. The molecular formula is C57H109NO5. The van der Waals surface area contributed by atoms with Crippen LogP contribution in [0.4, 0.5) is 0 Å². The summed E-state index contributed by atoms with van der Waals surface area (Å²) in [6, 6.07) is -0.638. The second-order valence-electron chi connectivity index (χ2n) is 19.3. The molecule has 0 heterocycles. The van der Waals surface area contributed by atoms with Gasteiger partial charge < -0.3 is 20.3 Å². The van der Waals surface area contributed by atoms with Gasteiger partial charge in [-0.25, -0.2) is 0 Å². The van der Waals surface area contributed by atoms with Crippen LogP contribution in [0.2, 0.25) is 0 Å². The zero-order valence-corrected chi connectivity index (χ0v) is 42.3. The molecule has 0 aliphatic rings. The van der Waals surface area contributed by atoms with Crippen LogP contribution in [-0.2, 0) is 14.3 Å². The third kappa shape index (κ3) is 49.6. The van der Waals surface area contributed by atoms with Gasteiger partial charge in [-0.3, -0.25) is 9.59 Å². The number of carbonyl (C=O) groups is 2. The van der Waals surface area contributed by atoms with Crippen molar-refractivity contribution in [3.63, 3.8) is 0 Å². The van der Waals surface area contributed by atoms with Gasteiger partial charge >= 0.3 is 5.97 Å². The number of aliphatic hydroxyl groups excluding tert-OH is 2. The molecule has 0 aliphatic heterocycles. The number of nitrogens with one attached hydrogen (secondary N) is 1. The third-order valence-electron chi connectivity index (χ3n) is 13.0. The van der Waals surface area contributed by atoms with Crippen molar-refractivity contribution in [2.45, 2.75) is 315 Å². The smallest absolute Gasteiger partial charge is 0.305 e. The van der Waals surface area contributed by atoms with Crippen molar-refractivity contribution in [3.8, 4) is 0 Å². The molecule has 0 aromatic heterocycles. The van der Waals surface area contributed by atoms with Crippen LogP contribution < -0.4 is 5.32 Å². The first-order chi connectivity index (χ1) is 31.0. The molecule has 0 aliphatic carbocycles. The summed E-state index contributed by atoms with van der Waals surface area (Å²) in [6.07, 6.45) is 63.3. The van der Waals surface area contributed by atoms with E-state index >= 15 is 0 Å². The SMILES string of the molecule is CCCC/C=C\CCCCCCCC(=O)OCCCCCCCCCCCCCCCC(=O)NC(CO)C(O)/C=C/CCCCCCCCCCCCCCCCCCCCCC. The number of hydrogen-bond acceptors (Lipinski definition) is 5. The Hall–Kier alpha value is -1.66. The van der Waals surface area contributed by atoms with Gasteiger partial charge in [0.1, 0.15) is 0 Å². The molecule has 2 atom stereocenters. The maximum absolute atomic E-state index is 12.5. The number of esters is 1. The average molecular weight is 889 g/mol. The fourth-order valence-corrected chi connectivity index (χ4v) is 8.62. The monoisotopic (exact) mass is 888 g/mol. The Labute approximate surface area is 392 Å². The van der Waals surface area contributed by atoms with Crippen LogP contribution in [0.25, 0.3) is 0 Å². The van der Waals surface area contributed by atoms with Gasteiger partial charge in [-0.2, -0.15) is 0 Å². The van der Waals surface area contributed by atoms with Crippen molar-refractivity contribution in [1.82, 2.24) is 5.32 Å². The number of carbonyl (C=O) groups excluding carboxylic acids is 2. The molecule has 0 saturated carbocycles. The lowest BCUT2D eigenvalue weighted by Gasteiger charge is -2.20. The minimum Gasteiger partial charge on any atom is -0.466 e. The zero-order valence-electron chi connectivity index (χ0n) is 42.3. The summed E-state index contributed by atoms with van der Waals surface area (Å²) < 4.78 is 5.44. The van der Waals surface area contributed by atoms with E-state index in [4.69, 9.17) is 4.74 Å². The van der Waals surface area contributed by atoms with E-state index < -0.39 is 12.1 Å². The molecule has 2 unspecified atom stereocenters. The van der Waals surface area contributed by atoms with Gasteiger partial charge in [-0.1, -0.05) is 263 Å². The number of unbranched alkanes of at least 4 members (excludes halogenated alkanes) is 39. The molecule has 372 valence electrons. The lowest BCUT2D eigenvalue weighted by Crippen LogP contribution is -2.45. The van der Waals surface area contributed by atoms with Crippen molar-refractivity contribution < 1.29 is 24.5 Å². The molecule has 0 saturated heterocycles. The molecule has 0 rings (SSSR count). The fourth-order valence-electron chi connectivity index (χ4n) is 8.62. The standard InChI is InChI=1S/C57H109NO5/c1-3-5-7-9-11-13-15-16-17-18-19-20-21-22-23-24-26-30-33-37-41-45-49-55(60)54(53-59)58-56(61)50-46-42-38-34-31-27-25-28-32-36-40-44-48-52-63-57(62)51-47-43-39-35-29-14-12-10-8-6-4-2/h10,12,45,49,54-55,59-60H,3-9,11,13-44,46-48,50-53H2,1-2H3,(H,58,61)/b12-10-,49-45+. The molecule has 0 spiro atoms. The Bertz CT molecular complexity index is 982. The van der Waals surface area contributed by atoms with Crippen LogP contribution >= 0.6 is 0 Å². The molecule has 1 amide bonds. The Morgan fingerprint density at radius 3 is 1.17 bits per heavy atom. The number of hydrogen-bond donors (Lipinski definition) is 3. The van der Waals surface area contributed by atoms with Crippen LogP contribution in [0.15, 0.2) is 24.3 Å². The molecule has 0 bridgehead atoms. The molecule has 63 heavy (non-hydrogen) atoms. The molecular weight excluding hydrogens is 779 g/mol. The summed E-state index contributed by atoms with van der Waals surface area (Å²) in [4.78, 5) is 24.5. The van der Waals surface area contributed by atoms with Gasteiger partial charge in [0, 0.05) is 12.8 Å². The van der Waals surface area contributed by atoms with Gasteiger partial charge in [-0.15, -0.1) is 0 Å². The van der Waals surface area contributed by atoms with E-state index in [0.29, 0.717) is 19.4 Å². The first-order valence-electron chi connectivity index (χ1n) is 28.1. The molecule has 0 aromatic rings. The quantitative estimate of drug-likeness (QED) is 0.0321. The summed E-state index contributed by atoms with van der Waals surface area (Å²) in [5.41, 5.74) is 0. The molecule has 6 heteroatoms. The number of allylic oxidation sites excluding steroid dienone is 3. The van der Waals surface area contributed by atoms with Crippen molar-refractivity contribution in [1.29, 1.82) is 0 Å². The van der Waals surface area contributed by atoms with Crippen molar-refractivity contribution in [2.75, 3.05) is 13.2 Å². The zero-order chi connectivity index (χ0) is 45.8. The topological polar surface area (TPSA) is 95.9 Å². The summed E-state index contributed by atoms with van der Waals surface area (Å²) in [5.74, 6) is -0.0964. The molecule has 0 aromatic carbocycles. The lowest BCUT2D eigenvalue weighted by atomic mass is 10.0. The van der Waals surface area contributed by atoms with E-state index in [0.717, 1.165) is 57.8 Å². The minimum atomic E-state index is -0.854. The van der Waals surface area contributed by atoms with Gasteiger partial charge in [-0.05, 0) is 51.4 Å². The molecule has 6 nitrogen and oxygen atoms in total. The second kappa shape index (κ2) is 53.0. The molecule has 3 N–H and O–H groups in total. The van der Waals surface area contributed by atoms with Gasteiger partial charge in [0.2, 0.25) is 5.91 Å². The van der Waals surface area contributed by atoms with E-state index in [1.165, 1.54) is 218 Å². The van der Waals surface area contributed by atoms with Gasteiger partial charge in [0.25, 0.3) is 0 Å². The molecule has 0 radical (unpaired) electrons.